The molecule has 1 rings (SSSR count). The Labute approximate surface area is 111 Å². The van der Waals surface area contributed by atoms with Crippen LogP contribution in [-0.4, -0.2) is 12.5 Å². The topological polar surface area (TPSA) is 55.1 Å². The molecule has 0 heterocycles. The van der Waals surface area contributed by atoms with E-state index in [4.69, 9.17) is 28.9 Å². The van der Waals surface area contributed by atoms with Crippen LogP contribution in [0.2, 0.25) is 10.0 Å². The molecular weight excluding hydrogens is 259 g/mol. The van der Waals surface area contributed by atoms with E-state index >= 15 is 0 Å². The van der Waals surface area contributed by atoms with Crippen LogP contribution in [0.5, 0.6) is 0 Å². The van der Waals surface area contributed by atoms with Gasteiger partial charge in [0.15, 0.2) is 0 Å². The van der Waals surface area contributed by atoms with Gasteiger partial charge in [-0.2, -0.15) is 0 Å². The van der Waals surface area contributed by atoms with Crippen molar-refractivity contribution in [3.8, 4) is 0 Å². The third kappa shape index (κ3) is 4.19. The highest BCUT2D eigenvalue weighted by atomic mass is 35.5. The maximum absolute atomic E-state index is 10.9. The lowest BCUT2D eigenvalue weighted by molar-refractivity contribution is -0.121. The largest absolute Gasteiger partial charge is 0.369 e. The maximum Gasteiger partial charge on any atom is 0.221 e. The second-order valence-electron chi connectivity index (χ2n) is 4.10. The lowest BCUT2D eigenvalue weighted by Gasteiger charge is -2.17. The Kier molecular flexibility index (Phi) is 5.25. The third-order valence-electron chi connectivity index (χ3n) is 2.64. The molecule has 0 saturated heterocycles. The molecule has 0 radical (unpaired) electrons. The molecular formula is C12H16Cl2N2O. The van der Waals surface area contributed by atoms with Crippen molar-refractivity contribution in [1.29, 1.82) is 0 Å². The van der Waals surface area contributed by atoms with Gasteiger partial charge < -0.3 is 11.1 Å². The fraction of sp³-hybridized carbons (Fsp3) is 0.417. The average molecular weight is 275 g/mol. The Morgan fingerprint density at radius 1 is 1.41 bits per heavy atom. The van der Waals surface area contributed by atoms with Crippen LogP contribution in [0, 0.1) is 5.92 Å². The first-order valence-electron chi connectivity index (χ1n) is 5.39. The van der Waals surface area contributed by atoms with Gasteiger partial charge in [0.25, 0.3) is 0 Å². The molecule has 3 N–H and O–H groups in total. The first kappa shape index (κ1) is 14.3. The van der Waals surface area contributed by atoms with E-state index in [-0.39, 0.29) is 17.9 Å². The Morgan fingerprint density at radius 3 is 2.59 bits per heavy atom. The van der Waals surface area contributed by atoms with Crippen LogP contribution in [0.25, 0.3) is 0 Å². The maximum atomic E-state index is 10.9. The summed E-state index contributed by atoms with van der Waals surface area (Å²) in [6.45, 7) is 4.28. The second kappa shape index (κ2) is 6.24. The minimum atomic E-state index is -0.313. The number of carbonyl (C=O) groups excluding carboxylic acids is 1. The third-order valence-corrected chi connectivity index (χ3v) is 3.21. The van der Waals surface area contributed by atoms with Crippen LogP contribution in [0.4, 0.5) is 0 Å². The van der Waals surface area contributed by atoms with Gasteiger partial charge in [-0.05, 0) is 24.6 Å². The molecule has 94 valence electrons. The van der Waals surface area contributed by atoms with Crippen LogP contribution in [0.3, 0.4) is 0 Å². The molecule has 0 bridgehead atoms. The smallest absolute Gasteiger partial charge is 0.221 e. The van der Waals surface area contributed by atoms with Gasteiger partial charge >= 0.3 is 0 Å². The van der Waals surface area contributed by atoms with Gasteiger partial charge in [-0.25, -0.2) is 0 Å². The number of nitrogens with two attached hydrogens (primary N) is 1. The predicted molar refractivity (Wildman–Crippen MR) is 71.2 cm³/mol. The van der Waals surface area contributed by atoms with E-state index in [1.165, 1.54) is 0 Å². The lowest BCUT2D eigenvalue weighted by Crippen LogP contribution is -2.32. The normalized spacial score (nSPS) is 14.4. The molecule has 0 aliphatic carbocycles. The van der Waals surface area contributed by atoms with E-state index in [1.807, 2.05) is 13.0 Å². The fourth-order valence-electron chi connectivity index (χ4n) is 1.42. The Hall–Kier alpha value is -0.770. The number of amides is 1. The highest BCUT2D eigenvalue weighted by Crippen LogP contribution is 2.26. The van der Waals surface area contributed by atoms with Crippen molar-refractivity contribution in [3.63, 3.8) is 0 Å². The fourth-order valence-corrected chi connectivity index (χ4v) is 1.99. The van der Waals surface area contributed by atoms with Gasteiger partial charge in [-0.1, -0.05) is 36.2 Å². The lowest BCUT2D eigenvalue weighted by atomic mass is 10.1. The molecule has 1 aromatic rings. The molecule has 2 atom stereocenters. The highest BCUT2D eigenvalue weighted by Gasteiger charge is 2.13. The summed E-state index contributed by atoms with van der Waals surface area (Å²) in [5, 5.41) is 4.43. The number of halogens is 2. The molecule has 0 aliphatic heterocycles. The van der Waals surface area contributed by atoms with Gasteiger partial charge in [0.2, 0.25) is 5.91 Å². The first-order valence-corrected chi connectivity index (χ1v) is 6.15. The van der Waals surface area contributed by atoms with Crippen LogP contribution in [-0.2, 0) is 4.79 Å². The van der Waals surface area contributed by atoms with E-state index in [9.17, 15) is 4.79 Å². The highest BCUT2D eigenvalue weighted by molar-refractivity contribution is 6.35. The van der Waals surface area contributed by atoms with E-state index in [2.05, 4.69) is 5.32 Å². The van der Waals surface area contributed by atoms with Crippen molar-refractivity contribution >= 4 is 29.1 Å². The SMILES string of the molecule is CC(CNC(C)c1ccc(Cl)cc1Cl)C(N)=O. The van der Waals surface area contributed by atoms with Crippen molar-refractivity contribution < 1.29 is 4.79 Å². The summed E-state index contributed by atoms with van der Waals surface area (Å²) >= 11 is 11.9. The molecule has 2 unspecified atom stereocenters. The summed E-state index contributed by atoms with van der Waals surface area (Å²) in [5.41, 5.74) is 6.14. The van der Waals surface area contributed by atoms with Crippen molar-refractivity contribution in [3.05, 3.63) is 33.8 Å². The predicted octanol–water partition coefficient (Wildman–Crippen LogP) is 2.77. The molecule has 0 fully saturated rings. The van der Waals surface area contributed by atoms with Crippen molar-refractivity contribution in [2.75, 3.05) is 6.54 Å². The van der Waals surface area contributed by atoms with E-state index in [0.717, 1.165) is 5.56 Å². The van der Waals surface area contributed by atoms with Crippen LogP contribution < -0.4 is 11.1 Å². The zero-order chi connectivity index (χ0) is 13.0. The number of hydrogen-bond acceptors (Lipinski definition) is 2. The molecule has 0 aromatic heterocycles. The van der Waals surface area contributed by atoms with Crippen molar-refractivity contribution in [2.24, 2.45) is 11.7 Å². The van der Waals surface area contributed by atoms with Crippen molar-refractivity contribution in [2.45, 2.75) is 19.9 Å². The van der Waals surface area contributed by atoms with Gasteiger partial charge in [0.1, 0.15) is 0 Å². The molecule has 17 heavy (non-hydrogen) atoms. The summed E-state index contributed by atoms with van der Waals surface area (Å²) < 4.78 is 0. The number of benzene rings is 1. The number of rotatable bonds is 5. The summed E-state index contributed by atoms with van der Waals surface area (Å²) in [7, 11) is 0. The Morgan fingerprint density at radius 2 is 2.06 bits per heavy atom. The molecule has 0 saturated carbocycles. The van der Waals surface area contributed by atoms with E-state index in [0.29, 0.717) is 16.6 Å². The Balaban J connectivity index is 2.64. The average Bonchev–Trinajstić information content (AvgIpc) is 2.25. The van der Waals surface area contributed by atoms with Gasteiger partial charge in [-0.3, -0.25) is 4.79 Å². The molecule has 0 aliphatic rings. The van der Waals surface area contributed by atoms with E-state index < -0.39 is 0 Å². The first-order chi connectivity index (χ1) is 7.91. The van der Waals surface area contributed by atoms with Crippen LogP contribution in [0.15, 0.2) is 18.2 Å². The quantitative estimate of drug-likeness (QED) is 0.868. The standard InChI is InChI=1S/C12H16Cl2N2O/c1-7(12(15)17)6-16-8(2)10-4-3-9(13)5-11(10)14/h3-5,7-8,16H,6H2,1-2H3,(H2,15,17). The summed E-state index contributed by atoms with van der Waals surface area (Å²) in [6, 6.07) is 5.41. The number of primary amides is 1. The monoisotopic (exact) mass is 274 g/mol. The molecule has 1 aromatic carbocycles. The van der Waals surface area contributed by atoms with Crippen LogP contribution in [0.1, 0.15) is 25.5 Å². The zero-order valence-corrected chi connectivity index (χ0v) is 11.3. The molecule has 3 nitrogen and oxygen atoms in total. The van der Waals surface area contributed by atoms with Crippen molar-refractivity contribution in [1.82, 2.24) is 5.32 Å². The van der Waals surface area contributed by atoms with Gasteiger partial charge in [0, 0.05) is 28.5 Å². The summed E-state index contributed by atoms with van der Waals surface area (Å²) in [5.74, 6) is -0.518. The van der Waals surface area contributed by atoms with Crippen LogP contribution >= 0.6 is 23.2 Å². The molecule has 1 amide bonds. The molecule has 0 spiro atoms. The summed E-state index contributed by atoms with van der Waals surface area (Å²) in [6.07, 6.45) is 0. The Bertz CT molecular complexity index is 409. The number of nitrogens with one attached hydrogen (secondary N) is 1. The summed E-state index contributed by atoms with van der Waals surface area (Å²) in [4.78, 5) is 10.9. The number of hydrogen-bond donors (Lipinski definition) is 2. The van der Waals surface area contributed by atoms with E-state index in [1.54, 1.807) is 19.1 Å². The number of carbonyl (C=O) groups is 1. The minimum absolute atomic E-state index is 0.0431. The second-order valence-corrected chi connectivity index (χ2v) is 4.94. The van der Waals surface area contributed by atoms with Gasteiger partial charge in [-0.15, -0.1) is 0 Å². The van der Waals surface area contributed by atoms with Gasteiger partial charge in [0.05, 0.1) is 0 Å². The minimum Gasteiger partial charge on any atom is -0.369 e. The zero-order valence-electron chi connectivity index (χ0n) is 9.84. The molecule has 5 heteroatoms.